The lowest BCUT2D eigenvalue weighted by molar-refractivity contribution is -0.116. The molecule has 0 unspecified atom stereocenters. The highest BCUT2D eigenvalue weighted by Crippen LogP contribution is 2.20. The lowest BCUT2D eigenvalue weighted by Gasteiger charge is -2.09. The standard InChI is InChI=1S/C16H16ClN5O2/c1-9-3-4-11(17)7-13(9)21-14(23)6-5-12-10(2)20-16-18-8-19-22(16)15(12)24/h3-4,7-8H,5-6H2,1-2H3,(H,21,23)(H,18,19,20). The summed E-state index contributed by atoms with van der Waals surface area (Å²) < 4.78 is 1.27. The molecule has 0 radical (unpaired) electrons. The molecule has 3 rings (SSSR count). The summed E-state index contributed by atoms with van der Waals surface area (Å²) in [5, 5.41) is 6.09. The molecule has 0 saturated heterocycles. The van der Waals surface area contributed by atoms with Crippen molar-refractivity contribution in [3.05, 3.63) is 56.7 Å². The molecule has 1 amide bonds. The molecule has 0 fully saturated rings. The number of aromatic amines is 1. The van der Waals surface area contributed by atoms with E-state index in [1.54, 1.807) is 19.1 Å². The van der Waals surface area contributed by atoms with Gasteiger partial charge in [-0.2, -0.15) is 4.52 Å². The summed E-state index contributed by atoms with van der Waals surface area (Å²) in [5.41, 5.74) is 2.43. The Morgan fingerprint density at radius 3 is 2.96 bits per heavy atom. The number of carbonyl (C=O) groups is 1. The normalized spacial score (nSPS) is 11.0. The number of hydrogen-bond acceptors (Lipinski definition) is 4. The molecule has 3 aromatic rings. The Labute approximate surface area is 142 Å². The van der Waals surface area contributed by atoms with E-state index in [4.69, 9.17) is 11.6 Å². The number of rotatable bonds is 4. The number of fused-ring (bicyclic) bond motifs is 1. The molecular formula is C16H16ClN5O2. The Balaban J connectivity index is 1.75. The van der Waals surface area contributed by atoms with E-state index in [2.05, 4.69) is 20.4 Å². The van der Waals surface area contributed by atoms with E-state index in [1.807, 2.05) is 13.0 Å². The zero-order valence-corrected chi connectivity index (χ0v) is 14.0. The van der Waals surface area contributed by atoms with Gasteiger partial charge in [0.05, 0.1) is 5.69 Å². The van der Waals surface area contributed by atoms with Gasteiger partial charge in [0.2, 0.25) is 5.91 Å². The van der Waals surface area contributed by atoms with Crippen molar-refractivity contribution in [1.29, 1.82) is 0 Å². The third-order valence-electron chi connectivity index (χ3n) is 3.81. The number of aromatic nitrogens is 4. The molecule has 2 aromatic heterocycles. The van der Waals surface area contributed by atoms with Crippen LogP contribution in [0.5, 0.6) is 0 Å². The van der Waals surface area contributed by atoms with Gasteiger partial charge in [-0.3, -0.25) is 14.7 Å². The largest absolute Gasteiger partial charge is 0.326 e. The molecule has 8 heteroatoms. The summed E-state index contributed by atoms with van der Waals surface area (Å²) in [6.07, 6.45) is 1.87. The Kier molecular flexibility index (Phi) is 4.35. The summed E-state index contributed by atoms with van der Waals surface area (Å²) in [7, 11) is 0. The van der Waals surface area contributed by atoms with Crippen LogP contribution in [-0.2, 0) is 11.2 Å². The molecule has 0 bridgehead atoms. The van der Waals surface area contributed by atoms with Crippen LogP contribution in [0, 0.1) is 13.8 Å². The van der Waals surface area contributed by atoms with Gasteiger partial charge < -0.3 is 5.32 Å². The number of halogens is 1. The van der Waals surface area contributed by atoms with E-state index in [9.17, 15) is 9.59 Å². The predicted molar refractivity (Wildman–Crippen MR) is 91.5 cm³/mol. The molecule has 0 atom stereocenters. The van der Waals surface area contributed by atoms with Crippen molar-refractivity contribution in [3.8, 4) is 0 Å². The molecule has 0 saturated carbocycles. The minimum atomic E-state index is -0.235. The second-order valence-electron chi connectivity index (χ2n) is 5.51. The molecule has 24 heavy (non-hydrogen) atoms. The first-order chi connectivity index (χ1) is 11.5. The van der Waals surface area contributed by atoms with E-state index in [1.165, 1.54) is 10.8 Å². The lowest BCUT2D eigenvalue weighted by atomic mass is 10.1. The Morgan fingerprint density at radius 1 is 1.38 bits per heavy atom. The van der Waals surface area contributed by atoms with Gasteiger partial charge in [-0.1, -0.05) is 17.7 Å². The number of carbonyl (C=O) groups excluding carboxylic acids is 1. The van der Waals surface area contributed by atoms with Crippen molar-refractivity contribution < 1.29 is 4.79 Å². The van der Waals surface area contributed by atoms with E-state index >= 15 is 0 Å². The minimum absolute atomic E-state index is 0.171. The van der Waals surface area contributed by atoms with Crippen LogP contribution in [0.2, 0.25) is 5.02 Å². The fourth-order valence-corrected chi connectivity index (χ4v) is 2.64. The number of nitrogens with one attached hydrogen (secondary N) is 2. The molecule has 7 nitrogen and oxygen atoms in total. The van der Waals surface area contributed by atoms with Crippen LogP contribution in [-0.4, -0.2) is 25.5 Å². The van der Waals surface area contributed by atoms with Crippen LogP contribution in [0.1, 0.15) is 23.2 Å². The molecule has 1 aromatic carbocycles. The number of anilines is 1. The van der Waals surface area contributed by atoms with Crippen molar-refractivity contribution in [1.82, 2.24) is 19.6 Å². The van der Waals surface area contributed by atoms with Gasteiger partial charge in [0.15, 0.2) is 0 Å². The Morgan fingerprint density at radius 2 is 2.17 bits per heavy atom. The van der Waals surface area contributed by atoms with E-state index in [-0.39, 0.29) is 17.9 Å². The SMILES string of the molecule is Cc1ccc(Cl)cc1NC(=O)CCc1c(C)nc2nc[nH]n2c1=O. The molecule has 0 aliphatic rings. The first-order valence-electron chi connectivity index (χ1n) is 7.43. The lowest BCUT2D eigenvalue weighted by Crippen LogP contribution is -2.23. The van der Waals surface area contributed by atoms with Crippen LogP contribution < -0.4 is 10.9 Å². The van der Waals surface area contributed by atoms with Gasteiger partial charge in [-0.15, -0.1) is 0 Å². The second-order valence-corrected chi connectivity index (χ2v) is 5.95. The maximum absolute atomic E-state index is 12.4. The van der Waals surface area contributed by atoms with Crippen LogP contribution in [0.4, 0.5) is 5.69 Å². The van der Waals surface area contributed by atoms with Crippen LogP contribution in [0.3, 0.4) is 0 Å². The smallest absolute Gasteiger partial charge is 0.277 e. The van der Waals surface area contributed by atoms with Crippen molar-refractivity contribution in [2.45, 2.75) is 26.7 Å². The highest BCUT2D eigenvalue weighted by atomic mass is 35.5. The van der Waals surface area contributed by atoms with E-state index < -0.39 is 0 Å². The zero-order valence-electron chi connectivity index (χ0n) is 13.3. The third kappa shape index (κ3) is 3.16. The van der Waals surface area contributed by atoms with Gasteiger partial charge in [0, 0.05) is 22.7 Å². The van der Waals surface area contributed by atoms with Crippen LogP contribution >= 0.6 is 11.6 Å². The monoisotopic (exact) mass is 345 g/mol. The van der Waals surface area contributed by atoms with Crippen LogP contribution in [0.15, 0.2) is 29.3 Å². The number of hydrogen-bond donors (Lipinski definition) is 2. The Bertz CT molecular complexity index is 976. The molecule has 124 valence electrons. The topological polar surface area (TPSA) is 92.2 Å². The maximum Gasteiger partial charge on any atom is 0.277 e. The van der Waals surface area contributed by atoms with E-state index in [0.717, 1.165) is 5.56 Å². The number of benzene rings is 1. The van der Waals surface area contributed by atoms with Gasteiger partial charge in [-0.05, 0) is 38.0 Å². The molecule has 0 spiro atoms. The van der Waals surface area contributed by atoms with Gasteiger partial charge in [-0.25, -0.2) is 9.97 Å². The fraction of sp³-hybridized carbons (Fsp3) is 0.250. The average molecular weight is 346 g/mol. The Hall–Kier alpha value is -2.67. The maximum atomic E-state index is 12.4. The summed E-state index contributed by atoms with van der Waals surface area (Å²) in [6.45, 7) is 3.63. The number of H-pyrrole nitrogens is 1. The van der Waals surface area contributed by atoms with Crippen molar-refractivity contribution in [2.75, 3.05) is 5.32 Å². The van der Waals surface area contributed by atoms with Crippen molar-refractivity contribution in [3.63, 3.8) is 0 Å². The first kappa shape index (κ1) is 16.2. The summed E-state index contributed by atoms with van der Waals surface area (Å²) >= 11 is 5.95. The summed E-state index contributed by atoms with van der Waals surface area (Å²) in [6, 6.07) is 5.31. The minimum Gasteiger partial charge on any atom is -0.326 e. The molecule has 0 aliphatic carbocycles. The number of amides is 1. The second kappa shape index (κ2) is 6.45. The van der Waals surface area contributed by atoms with Gasteiger partial charge in [0.1, 0.15) is 6.33 Å². The first-order valence-corrected chi connectivity index (χ1v) is 7.81. The van der Waals surface area contributed by atoms with Crippen molar-refractivity contribution >= 4 is 29.0 Å². The van der Waals surface area contributed by atoms with E-state index in [0.29, 0.717) is 34.2 Å². The summed E-state index contributed by atoms with van der Waals surface area (Å²) in [5.74, 6) is 0.133. The highest BCUT2D eigenvalue weighted by molar-refractivity contribution is 6.31. The number of nitrogens with zero attached hydrogens (tertiary/aromatic N) is 3. The van der Waals surface area contributed by atoms with Crippen LogP contribution in [0.25, 0.3) is 5.78 Å². The molecule has 0 aliphatic heterocycles. The van der Waals surface area contributed by atoms with Gasteiger partial charge >= 0.3 is 0 Å². The molecule has 2 N–H and O–H groups in total. The third-order valence-corrected chi connectivity index (χ3v) is 4.04. The quantitative estimate of drug-likeness (QED) is 0.758. The number of aryl methyl sites for hydroxylation is 2. The molecule has 2 heterocycles. The van der Waals surface area contributed by atoms with Crippen molar-refractivity contribution in [2.24, 2.45) is 0 Å². The fourth-order valence-electron chi connectivity index (χ4n) is 2.46. The molecular weight excluding hydrogens is 330 g/mol. The zero-order chi connectivity index (χ0) is 17.3. The predicted octanol–water partition coefficient (Wildman–Crippen LogP) is 2.26. The van der Waals surface area contributed by atoms with Gasteiger partial charge in [0.25, 0.3) is 11.3 Å². The highest BCUT2D eigenvalue weighted by Gasteiger charge is 2.13. The summed E-state index contributed by atoms with van der Waals surface area (Å²) in [4.78, 5) is 32.8. The average Bonchev–Trinajstić information content (AvgIpc) is 2.99.